The van der Waals surface area contributed by atoms with E-state index in [0.717, 1.165) is 42.0 Å². The smallest absolute Gasteiger partial charge is 0.240 e. The predicted octanol–water partition coefficient (Wildman–Crippen LogP) is 2.76. The molecule has 2 aromatic rings. The van der Waals surface area contributed by atoms with Gasteiger partial charge in [-0.25, -0.2) is 13.1 Å². The van der Waals surface area contributed by atoms with Crippen LogP contribution in [0.3, 0.4) is 0 Å². The van der Waals surface area contributed by atoms with Crippen molar-refractivity contribution >= 4 is 31.6 Å². The molecule has 2 aromatic carbocycles. The van der Waals surface area contributed by atoms with E-state index in [1.165, 1.54) is 0 Å². The third kappa shape index (κ3) is 4.36. The summed E-state index contributed by atoms with van der Waals surface area (Å²) in [4.78, 5) is 2.52. The highest BCUT2D eigenvalue weighted by molar-refractivity contribution is 9.10. The van der Waals surface area contributed by atoms with E-state index >= 15 is 0 Å². The van der Waals surface area contributed by atoms with E-state index in [9.17, 15) is 8.42 Å². The lowest BCUT2D eigenvalue weighted by Gasteiger charge is -2.28. The molecule has 7 heteroatoms. The molecular formula is C17H19BrN2O3S. The van der Waals surface area contributed by atoms with Gasteiger partial charge in [-0.15, -0.1) is 0 Å². The number of hydrogen-bond acceptors (Lipinski definition) is 4. The van der Waals surface area contributed by atoms with Crippen LogP contribution in [0.15, 0.2) is 57.9 Å². The highest BCUT2D eigenvalue weighted by atomic mass is 79.9. The van der Waals surface area contributed by atoms with Crippen LogP contribution in [0.25, 0.3) is 0 Å². The lowest BCUT2D eigenvalue weighted by atomic mass is 10.2. The number of anilines is 1. The number of nitrogens with one attached hydrogen (secondary N) is 1. The van der Waals surface area contributed by atoms with Crippen molar-refractivity contribution in [2.45, 2.75) is 11.4 Å². The van der Waals surface area contributed by atoms with Crippen molar-refractivity contribution < 1.29 is 13.2 Å². The Morgan fingerprint density at radius 3 is 2.25 bits per heavy atom. The van der Waals surface area contributed by atoms with Crippen LogP contribution >= 0.6 is 15.9 Å². The molecule has 1 N–H and O–H groups in total. The lowest BCUT2D eigenvalue weighted by Crippen LogP contribution is -2.36. The second kappa shape index (κ2) is 7.65. The predicted molar refractivity (Wildman–Crippen MR) is 97.6 cm³/mol. The number of ether oxygens (including phenoxy) is 1. The quantitative estimate of drug-likeness (QED) is 0.822. The molecule has 0 aromatic heterocycles. The van der Waals surface area contributed by atoms with Gasteiger partial charge in [-0.2, -0.15) is 0 Å². The zero-order valence-electron chi connectivity index (χ0n) is 13.1. The molecule has 5 nitrogen and oxygen atoms in total. The van der Waals surface area contributed by atoms with E-state index in [1.807, 2.05) is 24.3 Å². The van der Waals surface area contributed by atoms with Crippen LogP contribution in [0.5, 0.6) is 0 Å². The summed E-state index contributed by atoms with van der Waals surface area (Å²) in [7, 11) is -3.50. The van der Waals surface area contributed by atoms with Crippen molar-refractivity contribution in [3.63, 3.8) is 0 Å². The standard InChI is InChI=1S/C17H19BrN2O3S/c18-15-3-7-17(8-4-15)24(21,22)19-13-14-1-5-16(6-2-14)20-9-11-23-12-10-20/h1-8,19H,9-13H2. The molecule has 1 fully saturated rings. The summed E-state index contributed by atoms with van der Waals surface area (Å²) >= 11 is 3.30. The highest BCUT2D eigenvalue weighted by Crippen LogP contribution is 2.18. The Bertz CT molecular complexity index is 770. The number of hydrogen-bond donors (Lipinski definition) is 1. The first-order chi connectivity index (χ1) is 11.5. The largest absolute Gasteiger partial charge is 0.378 e. The number of morpholine rings is 1. The number of nitrogens with zero attached hydrogens (tertiary/aromatic N) is 1. The second-order valence-electron chi connectivity index (χ2n) is 5.54. The molecule has 0 aliphatic carbocycles. The minimum absolute atomic E-state index is 0.260. The van der Waals surface area contributed by atoms with Gasteiger partial charge in [0, 0.05) is 29.8 Å². The molecule has 1 saturated heterocycles. The Morgan fingerprint density at radius 2 is 1.62 bits per heavy atom. The van der Waals surface area contributed by atoms with E-state index < -0.39 is 10.0 Å². The topological polar surface area (TPSA) is 58.6 Å². The van der Waals surface area contributed by atoms with Crippen molar-refractivity contribution in [1.82, 2.24) is 4.72 Å². The summed E-state index contributed by atoms with van der Waals surface area (Å²) in [5.74, 6) is 0. The maximum atomic E-state index is 12.3. The third-order valence-corrected chi connectivity index (χ3v) is 5.85. The Labute approximate surface area is 150 Å². The summed E-state index contributed by atoms with van der Waals surface area (Å²) in [6, 6.07) is 14.5. The molecule has 1 aliphatic rings. The van der Waals surface area contributed by atoms with Gasteiger partial charge in [-0.3, -0.25) is 0 Å². The monoisotopic (exact) mass is 410 g/mol. The molecule has 0 bridgehead atoms. The average Bonchev–Trinajstić information content (AvgIpc) is 2.62. The number of benzene rings is 2. The van der Waals surface area contributed by atoms with Gasteiger partial charge in [-0.1, -0.05) is 28.1 Å². The fourth-order valence-electron chi connectivity index (χ4n) is 2.52. The average molecular weight is 411 g/mol. The van der Waals surface area contributed by atoms with E-state index in [4.69, 9.17) is 4.74 Å². The van der Waals surface area contributed by atoms with Crippen LogP contribution in [-0.4, -0.2) is 34.7 Å². The molecule has 1 aliphatic heterocycles. The summed E-state index contributed by atoms with van der Waals surface area (Å²) in [6.07, 6.45) is 0. The Kier molecular flexibility index (Phi) is 5.55. The first-order valence-corrected chi connectivity index (χ1v) is 9.99. The van der Waals surface area contributed by atoms with Crippen LogP contribution < -0.4 is 9.62 Å². The molecule has 0 amide bonds. The zero-order chi connectivity index (χ0) is 17.0. The lowest BCUT2D eigenvalue weighted by molar-refractivity contribution is 0.122. The summed E-state index contributed by atoms with van der Waals surface area (Å²) < 4.78 is 33.4. The van der Waals surface area contributed by atoms with Gasteiger partial charge < -0.3 is 9.64 Å². The van der Waals surface area contributed by atoms with Gasteiger partial charge >= 0.3 is 0 Å². The first kappa shape index (κ1) is 17.4. The summed E-state index contributed by atoms with van der Waals surface area (Å²) in [5.41, 5.74) is 2.06. The molecule has 24 heavy (non-hydrogen) atoms. The van der Waals surface area contributed by atoms with Crippen LogP contribution in [0.2, 0.25) is 0 Å². The molecule has 3 rings (SSSR count). The molecule has 0 unspecified atom stereocenters. The minimum atomic E-state index is -3.50. The van der Waals surface area contributed by atoms with E-state index in [1.54, 1.807) is 24.3 Å². The van der Waals surface area contributed by atoms with Crippen LogP contribution in [0, 0.1) is 0 Å². The number of sulfonamides is 1. The van der Waals surface area contributed by atoms with Gasteiger partial charge in [0.15, 0.2) is 0 Å². The Hall–Kier alpha value is -1.41. The van der Waals surface area contributed by atoms with Crippen molar-refractivity contribution in [2.75, 3.05) is 31.2 Å². The fourth-order valence-corrected chi connectivity index (χ4v) is 3.80. The van der Waals surface area contributed by atoms with Crippen molar-refractivity contribution in [3.05, 3.63) is 58.6 Å². The molecule has 0 radical (unpaired) electrons. The van der Waals surface area contributed by atoms with Gasteiger partial charge in [0.1, 0.15) is 0 Å². The maximum absolute atomic E-state index is 12.3. The number of halogens is 1. The van der Waals surface area contributed by atoms with Crippen molar-refractivity contribution in [1.29, 1.82) is 0 Å². The van der Waals surface area contributed by atoms with Gasteiger partial charge in [0.25, 0.3) is 0 Å². The van der Waals surface area contributed by atoms with Gasteiger partial charge in [0.2, 0.25) is 10.0 Å². The number of rotatable bonds is 5. The first-order valence-electron chi connectivity index (χ1n) is 7.71. The van der Waals surface area contributed by atoms with Crippen LogP contribution in [0.4, 0.5) is 5.69 Å². The second-order valence-corrected chi connectivity index (χ2v) is 8.23. The molecule has 0 saturated carbocycles. The normalized spacial score (nSPS) is 15.5. The van der Waals surface area contributed by atoms with Crippen LogP contribution in [-0.2, 0) is 21.3 Å². The molecule has 0 spiro atoms. The zero-order valence-corrected chi connectivity index (χ0v) is 15.5. The molecule has 0 atom stereocenters. The molecule has 1 heterocycles. The van der Waals surface area contributed by atoms with Gasteiger partial charge in [0.05, 0.1) is 18.1 Å². The minimum Gasteiger partial charge on any atom is -0.378 e. The Morgan fingerprint density at radius 1 is 1.00 bits per heavy atom. The van der Waals surface area contributed by atoms with Crippen molar-refractivity contribution in [3.8, 4) is 0 Å². The van der Waals surface area contributed by atoms with E-state index in [0.29, 0.717) is 0 Å². The van der Waals surface area contributed by atoms with Gasteiger partial charge in [-0.05, 0) is 42.0 Å². The molecular weight excluding hydrogens is 392 g/mol. The SMILES string of the molecule is O=S(=O)(NCc1ccc(N2CCOCC2)cc1)c1ccc(Br)cc1. The Balaban J connectivity index is 1.62. The highest BCUT2D eigenvalue weighted by Gasteiger charge is 2.14. The summed E-state index contributed by atoms with van der Waals surface area (Å²) in [6.45, 7) is 3.52. The third-order valence-electron chi connectivity index (χ3n) is 3.90. The summed E-state index contributed by atoms with van der Waals surface area (Å²) in [5, 5.41) is 0. The maximum Gasteiger partial charge on any atom is 0.240 e. The molecule has 128 valence electrons. The van der Waals surface area contributed by atoms with Crippen LogP contribution in [0.1, 0.15) is 5.56 Å². The fraction of sp³-hybridized carbons (Fsp3) is 0.294. The van der Waals surface area contributed by atoms with Crippen molar-refractivity contribution in [2.24, 2.45) is 0 Å². The van der Waals surface area contributed by atoms with E-state index in [-0.39, 0.29) is 11.4 Å². The van der Waals surface area contributed by atoms with E-state index in [2.05, 4.69) is 25.6 Å².